The average molecular weight is 287 g/mol. The smallest absolute Gasteiger partial charge is 0.201 e. The second-order valence-corrected chi connectivity index (χ2v) is 6.28. The minimum absolute atomic E-state index is 0.455. The first-order valence-corrected chi connectivity index (χ1v) is 8.06. The largest absolute Gasteiger partial charge is 0.491 e. The summed E-state index contributed by atoms with van der Waals surface area (Å²) < 4.78 is 7.98. The molecule has 0 amide bonds. The third kappa shape index (κ3) is 2.71. The fourth-order valence-electron chi connectivity index (χ4n) is 3.16. The summed E-state index contributed by atoms with van der Waals surface area (Å²) >= 11 is 0. The van der Waals surface area contributed by atoms with Gasteiger partial charge in [-0.2, -0.15) is 0 Å². The Morgan fingerprint density at radius 3 is 2.76 bits per heavy atom. The summed E-state index contributed by atoms with van der Waals surface area (Å²) in [7, 11) is 0. The molecule has 4 heteroatoms. The van der Waals surface area contributed by atoms with Crippen molar-refractivity contribution in [1.29, 1.82) is 0 Å². The fraction of sp³-hybridized carbons (Fsp3) is 0.588. The molecule has 1 aliphatic rings. The molecule has 2 aromatic rings. The molecule has 1 aromatic carbocycles. The number of fused-ring (bicyclic) bond motifs is 1. The van der Waals surface area contributed by atoms with Gasteiger partial charge in [0.15, 0.2) is 0 Å². The quantitative estimate of drug-likeness (QED) is 0.837. The number of nitrogen functional groups attached to an aromatic ring is 1. The number of nitrogens with zero attached hydrogens (tertiary/aromatic N) is 2. The van der Waals surface area contributed by atoms with Crippen molar-refractivity contribution in [2.24, 2.45) is 5.41 Å². The first-order valence-electron chi connectivity index (χ1n) is 8.06. The van der Waals surface area contributed by atoms with Gasteiger partial charge in [0.25, 0.3) is 0 Å². The van der Waals surface area contributed by atoms with Crippen LogP contribution in [0.3, 0.4) is 0 Å². The molecule has 1 aliphatic carbocycles. The Morgan fingerprint density at radius 1 is 1.29 bits per heavy atom. The lowest BCUT2D eigenvalue weighted by molar-refractivity contribution is 0.320. The fourth-order valence-corrected chi connectivity index (χ4v) is 3.16. The topological polar surface area (TPSA) is 53.1 Å². The molecule has 3 rings (SSSR count). The van der Waals surface area contributed by atoms with Crippen molar-refractivity contribution < 1.29 is 4.74 Å². The van der Waals surface area contributed by atoms with Gasteiger partial charge in [-0.15, -0.1) is 0 Å². The second-order valence-electron chi connectivity index (χ2n) is 6.28. The van der Waals surface area contributed by atoms with Crippen molar-refractivity contribution in [2.45, 2.75) is 52.5 Å². The standard InChI is InChI=1S/C17H25N3O/c1-3-8-17(9-10-17)12-20-13-6-5-7-14(21-11-4-2)15(13)19-16(20)18/h5-7H,3-4,8-12H2,1-2H3,(H2,18,19). The van der Waals surface area contributed by atoms with Gasteiger partial charge in [0, 0.05) is 6.54 Å². The Kier molecular flexibility index (Phi) is 3.79. The van der Waals surface area contributed by atoms with Crippen molar-refractivity contribution in [3.63, 3.8) is 0 Å². The molecule has 1 fully saturated rings. The van der Waals surface area contributed by atoms with Crippen molar-refractivity contribution >= 4 is 17.0 Å². The first kappa shape index (κ1) is 14.2. The average Bonchev–Trinajstić information content (AvgIpc) is 3.16. The molecule has 114 valence electrons. The zero-order valence-electron chi connectivity index (χ0n) is 13.1. The number of imidazole rings is 1. The van der Waals surface area contributed by atoms with E-state index in [1.165, 1.54) is 25.7 Å². The van der Waals surface area contributed by atoms with E-state index >= 15 is 0 Å². The minimum atomic E-state index is 0.455. The van der Waals surface area contributed by atoms with E-state index in [-0.39, 0.29) is 0 Å². The van der Waals surface area contributed by atoms with Gasteiger partial charge < -0.3 is 15.0 Å². The number of aromatic nitrogens is 2. The summed E-state index contributed by atoms with van der Waals surface area (Å²) in [6.45, 7) is 6.06. The summed E-state index contributed by atoms with van der Waals surface area (Å²) in [5.41, 5.74) is 8.63. The number of benzene rings is 1. The van der Waals surface area contributed by atoms with E-state index < -0.39 is 0 Å². The number of para-hydroxylation sites is 1. The molecule has 0 atom stereocenters. The molecule has 1 aromatic heterocycles. The molecule has 0 saturated heterocycles. The predicted octanol–water partition coefficient (Wildman–Crippen LogP) is 3.99. The molecule has 0 aliphatic heterocycles. The van der Waals surface area contributed by atoms with E-state index in [0.717, 1.165) is 29.7 Å². The van der Waals surface area contributed by atoms with E-state index in [2.05, 4.69) is 29.5 Å². The van der Waals surface area contributed by atoms with E-state index in [0.29, 0.717) is 18.0 Å². The van der Waals surface area contributed by atoms with Crippen LogP contribution in [0.25, 0.3) is 11.0 Å². The lowest BCUT2D eigenvalue weighted by Gasteiger charge is -2.16. The number of hydrogen-bond donors (Lipinski definition) is 1. The number of rotatable bonds is 7. The van der Waals surface area contributed by atoms with Gasteiger partial charge in [-0.3, -0.25) is 0 Å². The van der Waals surface area contributed by atoms with Gasteiger partial charge >= 0.3 is 0 Å². The normalized spacial score (nSPS) is 16.3. The van der Waals surface area contributed by atoms with Gasteiger partial charge in [0.2, 0.25) is 5.95 Å². The molecular weight excluding hydrogens is 262 g/mol. The van der Waals surface area contributed by atoms with Crippen LogP contribution in [0.5, 0.6) is 5.75 Å². The monoisotopic (exact) mass is 287 g/mol. The number of anilines is 1. The van der Waals surface area contributed by atoms with E-state index in [4.69, 9.17) is 10.5 Å². The van der Waals surface area contributed by atoms with Crippen LogP contribution in [0, 0.1) is 5.41 Å². The van der Waals surface area contributed by atoms with Crippen LogP contribution in [0.15, 0.2) is 18.2 Å². The minimum Gasteiger partial charge on any atom is -0.491 e. The lowest BCUT2D eigenvalue weighted by atomic mass is 10.0. The van der Waals surface area contributed by atoms with Crippen molar-refractivity contribution in [2.75, 3.05) is 12.3 Å². The highest BCUT2D eigenvalue weighted by Crippen LogP contribution is 2.51. The molecule has 1 saturated carbocycles. The van der Waals surface area contributed by atoms with Crippen LogP contribution >= 0.6 is 0 Å². The Balaban J connectivity index is 1.94. The molecule has 0 bridgehead atoms. The summed E-state index contributed by atoms with van der Waals surface area (Å²) in [4.78, 5) is 4.55. The Morgan fingerprint density at radius 2 is 2.10 bits per heavy atom. The first-order chi connectivity index (χ1) is 10.2. The Hall–Kier alpha value is -1.71. The maximum atomic E-state index is 6.18. The Labute approximate surface area is 126 Å². The van der Waals surface area contributed by atoms with Crippen LogP contribution in [0.2, 0.25) is 0 Å². The van der Waals surface area contributed by atoms with Gasteiger partial charge in [0.05, 0.1) is 12.1 Å². The molecule has 0 spiro atoms. The maximum absolute atomic E-state index is 6.18. The molecule has 21 heavy (non-hydrogen) atoms. The molecular formula is C17H25N3O. The van der Waals surface area contributed by atoms with Crippen molar-refractivity contribution in [3.8, 4) is 5.75 Å². The van der Waals surface area contributed by atoms with Crippen LogP contribution in [-0.4, -0.2) is 16.2 Å². The second kappa shape index (κ2) is 5.58. The highest BCUT2D eigenvalue weighted by molar-refractivity contribution is 5.84. The van der Waals surface area contributed by atoms with E-state index in [1.807, 2.05) is 12.1 Å². The molecule has 0 unspecified atom stereocenters. The third-order valence-corrected chi connectivity index (χ3v) is 4.46. The van der Waals surface area contributed by atoms with Crippen LogP contribution in [0.4, 0.5) is 5.95 Å². The van der Waals surface area contributed by atoms with Crippen LogP contribution < -0.4 is 10.5 Å². The molecule has 0 radical (unpaired) electrons. The van der Waals surface area contributed by atoms with Crippen LogP contribution in [0.1, 0.15) is 46.0 Å². The zero-order chi connectivity index (χ0) is 14.9. The predicted molar refractivity (Wildman–Crippen MR) is 86.5 cm³/mol. The van der Waals surface area contributed by atoms with Crippen molar-refractivity contribution in [3.05, 3.63) is 18.2 Å². The highest BCUT2D eigenvalue weighted by Gasteiger charge is 2.42. The van der Waals surface area contributed by atoms with Gasteiger partial charge in [-0.05, 0) is 43.2 Å². The molecule has 1 heterocycles. The summed E-state index contributed by atoms with van der Waals surface area (Å²) in [6.07, 6.45) is 6.12. The molecule has 2 N–H and O–H groups in total. The number of nitrogens with two attached hydrogens (primary N) is 1. The number of ether oxygens (including phenoxy) is 1. The molecule has 4 nitrogen and oxygen atoms in total. The van der Waals surface area contributed by atoms with E-state index in [1.54, 1.807) is 0 Å². The number of hydrogen-bond acceptors (Lipinski definition) is 3. The third-order valence-electron chi connectivity index (χ3n) is 4.46. The van der Waals surface area contributed by atoms with Crippen LogP contribution in [-0.2, 0) is 6.54 Å². The lowest BCUT2D eigenvalue weighted by Crippen LogP contribution is -2.13. The summed E-state index contributed by atoms with van der Waals surface area (Å²) in [6, 6.07) is 6.11. The van der Waals surface area contributed by atoms with Gasteiger partial charge in [-0.25, -0.2) is 4.98 Å². The van der Waals surface area contributed by atoms with Gasteiger partial charge in [-0.1, -0.05) is 26.3 Å². The summed E-state index contributed by atoms with van der Waals surface area (Å²) in [5.74, 6) is 1.46. The highest BCUT2D eigenvalue weighted by atomic mass is 16.5. The SMILES string of the molecule is CCCOc1cccc2c1nc(N)n2CC1(CCC)CC1. The van der Waals surface area contributed by atoms with E-state index in [9.17, 15) is 0 Å². The summed E-state index contributed by atoms with van der Waals surface area (Å²) in [5, 5.41) is 0. The maximum Gasteiger partial charge on any atom is 0.201 e. The Bertz CT molecular complexity index is 628. The van der Waals surface area contributed by atoms with Gasteiger partial charge in [0.1, 0.15) is 11.3 Å². The zero-order valence-corrected chi connectivity index (χ0v) is 13.1. The van der Waals surface area contributed by atoms with Crippen molar-refractivity contribution in [1.82, 2.24) is 9.55 Å².